The Bertz CT molecular complexity index is 941. The van der Waals surface area contributed by atoms with Crippen molar-refractivity contribution >= 4 is 11.9 Å². The van der Waals surface area contributed by atoms with Crippen molar-refractivity contribution in [3.63, 3.8) is 0 Å². The van der Waals surface area contributed by atoms with Crippen LogP contribution >= 0.6 is 0 Å². The van der Waals surface area contributed by atoms with Gasteiger partial charge in [0.15, 0.2) is 5.76 Å². The van der Waals surface area contributed by atoms with Gasteiger partial charge < -0.3 is 9.47 Å². The maximum Gasteiger partial charge on any atom is 0.231 e. The number of benzene rings is 2. The maximum absolute atomic E-state index is 12.9. The van der Waals surface area contributed by atoms with E-state index in [0.29, 0.717) is 29.8 Å². The third-order valence-electron chi connectivity index (χ3n) is 5.96. The molecule has 2 aromatic carbocycles. The Labute approximate surface area is 159 Å². The van der Waals surface area contributed by atoms with Crippen molar-refractivity contribution in [1.29, 1.82) is 0 Å². The predicted molar refractivity (Wildman–Crippen MR) is 104 cm³/mol. The molecule has 1 fully saturated rings. The van der Waals surface area contributed by atoms with Crippen molar-refractivity contribution in [3.8, 4) is 11.5 Å². The molecule has 0 N–H and O–H groups in total. The van der Waals surface area contributed by atoms with Crippen LogP contribution in [0.15, 0.2) is 42.2 Å². The summed E-state index contributed by atoms with van der Waals surface area (Å²) in [5.41, 5.74) is 3.78. The standard InChI is InChI=1S/C23H23NO3/c1-15-6-2-3-7-16(15)12-21-22(25)18-10-11-20-19(23(18)27-21)13-24(14-26-20)17-8-4-5-9-17/h2-3,6-7,10-12,17H,4-5,8-9,13-14H2,1H3/b21-12-. The van der Waals surface area contributed by atoms with Gasteiger partial charge in [0.2, 0.25) is 5.78 Å². The highest BCUT2D eigenvalue weighted by molar-refractivity contribution is 6.15. The predicted octanol–water partition coefficient (Wildman–Crippen LogP) is 4.71. The lowest BCUT2D eigenvalue weighted by molar-refractivity contribution is 0.0567. The number of nitrogens with zero attached hydrogens (tertiary/aromatic N) is 1. The maximum atomic E-state index is 12.9. The van der Waals surface area contributed by atoms with Crippen molar-refractivity contribution in [3.05, 3.63) is 64.4 Å². The molecule has 0 spiro atoms. The summed E-state index contributed by atoms with van der Waals surface area (Å²) in [5, 5.41) is 0. The van der Waals surface area contributed by atoms with Crippen LogP contribution in [0.4, 0.5) is 0 Å². The van der Waals surface area contributed by atoms with E-state index in [1.165, 1.54) is 25.7 Å². The molecule has 0 aromatic heterocycles. The SMILES string of the molecule is Cc1ccccc1/C=C1\Oc2c(ccc3c2CN(C2CCCC2)CO3)C1=O. The quantitative estimate of drug-likeness (QED) is 0.727. The second-order valence-corrected chi connectivity index (χ2v) is 7.67. The van der Waals surface area contributed by atoms with Crippen LogP contribution in [0.25, 0.3) is 6.08 Å². The van der Waals surface area contributed by atoms with E-state index in [1.807, 2.05) is 49.4 Å². The third kappa shape index (κ3) is 2.85. The molecule has 4 nitrogen and oxygen atoms in total. The Hall–Kier alpha value is -2.59. The molecule has 0 bridgehead atoms. The summed E-state index contributed by atoms with van der Waals surface area (Å²) in [6, 6.07) is 12.3. The number of ketones is 1. The largest absolute Gasteiger partial charge is 0.478 e. The number of allylic oxidation sites excluding steroid dienone is 1. The smallest absolute Gasteiger partial charge is 0.231 e. The lowest BCUT2D eigenvalue weighted by Crippen LogP contribution is -2.39. The molecule has 0 radical (unpaired) electrons. The molecule has 3 aliphatic rings. The first-order chi connectivity index (χ1) is 13.2. The highest BCUT2D eigenvalue weighted by atomic mass is 16.5. The number of carbonyl (C=O) groups is 1. The minimum Gasteiger partial charge on any atom is -0.478 e. The zero-order valence-electron chi connectivity index (χ0n) is 15.5. The second-order valence-electron chi connectivity index (χ2n) is 7.67. The molecule has 1 aliphatic carbocycles. The van der Waals surface area contributed by atoms with Gasteiger partial charge in [0.1, 0.15) is 18.2 Å². The van der Waals surface area contributed by atoms with E-state index >= 15 is 0 Å². The molecule has 0 unspecified atom stereocenters. The van der Waals surface area contributed by atoms with E-state index in [9.17, 15) is 4.79 Å². The molecular weight excluding hydrogens is 338 g/mol. The highest BCUT2D eigenvalue weighted by Gasteiger charge is 2.35. The van der Waals surface area contributed by atoms with Gasteiger partial charge in [0, 0.05) is 12.6 Å². The van der Waals surface area contributed by atoms with Gasteiger partial charge in [0.05, 0.1) is 11.1 Å². The molecule has 138 valence electrons. The molecule has 0 saturated heterocycles. The molecule has 0 atom stereocenters. The number of Topliss-reactive ketones (excluding diaryl/α,β-unsaturated/α-hetero) is 1. The number of fused-ring (bicyclic) bond motifs is 3. The van der Waals surface area contributed by atoms with Crippen LogP contribution in [-0.2, 0) is 6.54 Å². The minimum absolute atomic E-state index is 0.0472. The summed E-state index contributed by atoms with van der Waals surface area (Å²) in [4.78, 5) is 15.3. The Morgan fingerprint density at radius 2 is 1.93 bits per heavy atom. The molecule has 27 heavy (non-hydrogen) atoms. The van der Waals surface area contributed by atoms with E-state index in [2.05, 4.69) is 4.90 Å². The summed E-state index contributed by atoms with van der Waals surface area (Å²) in [6.45, 7) is 3.44. The minimum atomic E-state index is -0.0472. The molecule has 5 rings (SSSR count). The Morgan fingerprint density at radius 3 is 2.74 bits per heavy atom. The molecule has 2 aliphatic heterocycles. The number of ether oxygens (including phenoxy) is 2. The zero-order chi connectivity index (χ0) is 18.4. The topological polar surface area (TPSA) is 38.8 Å². The number of hydrogen-bond donors (Lipinski definition) is 0. The average Bonchev–Trinajstić information content (AvgIpc) is 3.32. The zero-order valence-corrected chi connectivity index (χ0v) is 15.5. The van der Waals surface area contributed by atoms with Gasteiger partial charge in [-0.15, -0.1) is 0 Å². The lowest BCUT2D eigenvalue weighted by Gasteiger charge is -2.33. The monoisotopic (exact) mass is 361 g/mol. The normalized spacial score (nSPS) is 21.1. The van der Waals surface area contributed by atoms with Crippen LogP contribution in [0.2, 0.25) is 0 Å². The van der Waals surface area contributed by atoms with Crippen LogP contribution in [0.1, 0.15) is 52.7 Å². The van der Waals surface area contributed by atoms with E-state index in [-0.39, 0.29) is 5.78 Å². The lowest BCUT2D eigenvalue weighted by atomic mass is 10.0. The first-order valence-corrected chi connectivity index (χ1v) is 9.73. The van der Waals surface area contributed by atoms with E-state index in [1.54, 1.807) is 0 Å². The molecular formula is C23H23NO3. The fraction of sp³-hybridized carbons (Fsp3) is 0.348. The van der Waals surface area contributed by atoms with Gasteiger partial charge >= 0.3 is 0 Å². The van der Waals surface area contributed by atoms with Gasteiger partial charge in [-0.3, -0.25) is 9.69 Å². The van der Waals surface area contributed by atoms with Crippen molar-refractivity contribution < 1.29 is 14.3 Å². The summed E-state index contributed by atoms with van der Waals surface area (Å²) in [7, 11) is 0. The van der Waals surface area contributed by atoms with Crippen molar-refractivity contribution in [1.82, 2.24) is 4.90 Å². The second kappa shape index (κ2) is 6.54. The first kappa shape index (κ1) is 16.6. The van der Waals surface area contributed by atoms with Crippen LogP contribution in [-0.4, -0.2) is 23.5 Å². The van der Waals surface area contributed by atoms with E-state index in [0.717, 1.165) is 29.0 Å². The number of hydrogen-bond acceptors (Lipinski definition) is 4. The average molecular weight is 361 g/mol. The molecule has 4 heteroatoms. The van der Waals surface area contributed by atoms with Crippen LogP contribution < -0.4 is 9.47 Å². The van der Waals surface area contributed by atoms with Gasteiger partial charge in [-0.2, -0.15) is 0 Å². The van der Waals surface area contributed by atoms with Crippen LogP contribution in [0.3, 0.4) is 0 Å². The van der Waals surface area contributed by atoms with Crippen molar-refractivity contribution in [2.75, 3.05) is 6.73 Å². The summed E-state index contributed by atoms with van der Waals surface area (Å²) in [5.74, 6) is 1.87. The molecule has 0 amide bonds. The Morgan fingerprint density at radius 1 is 1.11 bits per heavy atom. The molecule has 1 saturated carbocycles. The van der Waals surface area contributed by atoms with Gasteiger partial charge in [-0.1, -0.05) is 37.1 Å². The number of rotatable bonds is 2. The first-order valence-electron chi connectivity index (χ1n) is 9.73. The Kier molecular flexibility index (Phi) is 4.01. The van der Waals surface area contributed by atoms with Crippen molar-refractivity contribution in [2.45, 2.75) is 45.2 Å². The fourth-order valence-electron chi connectivity index (χ4n) is 4.37. The summed E-state index contributed by atoms with van der Waals surface area (Å²) in [6.07, 6.45) is 6.89. The van der Waals surface area contributed by atoms with E-state index < -0.39 is 0 Å². The van der Waals surface area contributed by atoms with Gasteiger partial charge in [-0.25, -0.2) is 0 Å². The Balaban J connectivity index is 1.49. The fourth-order valence-corrected chi connectivity index (χ4v) is 4.37. The van der Waals surface area contributed by atoms with Gasteiger partial charge in [0.25, 0.3) is 0 Å². The highest BCUT2D eigenvalue weighted by Crippen LogP contribution is 2.43. The number of aryl methyl sites for hydroxylation is 1. The summed E-state index contributed by atoms with van der Waals surface area (Å²) >= 11 is 0. The van der Waals surface area contributed by atoms with Crippen LogP contribution in [0.5, 0.6) is 11.5 Å². The van der Waals surface area contributed by atoms with Crippen LogP contribution in [0, 0.1) is 6.92 Å². The molecule has 2 aromatic rings. The number of carbonyl (C=O) groups excluding carboxylic acids is 1. The van der Waals surface area contributed by atoms with E-state index in [4.69, 9.17) is 9.47 Å². The molecule has 2 heterocycles. The van der Waals surface area contributed by atoms with Gasteiger partial charge in [-0.05, 0) is 49.1 Å². The van der Waals surface area contributed by atoms with Crippen molar-refractivity contribution in [2.24, 2.45) is 0 Å². The third-order valence-corrected chi connectivity index (χ3v) is 5.96. The summed E-state index contributed by atoms with van der Waals surface area (Å²) < 4.78 is 12.1.